The van der Waals surface area contributed by atoms with Gasteiger partial charge < -0.3 is 31.5 Å². The lowest BCUT2D eigenvalue weighted by molar-refractivity contribution is -0.143. The lowest BCUT2D eigenvalue weighted by Gasteiger charge is -2.52. The average Bonchev–Trinajstić information content (AvgIpc) is 2.79. The molecular formula is C25H29F2N3O6. The smallest absolute Gasteiger partial charge is 0.252 e. The number of nitrogens with zero attached hydrogens (tertiary/aromatic N) is 1. The lowest BCUT2D eigenvalue weighted by atomic mass is 9.56. The summed E-state index contributed by atoms with van der Waals surface area (Å²) in [4.78, 5) is 27.5. The number of aromatic hydroxyl groups is 1. The van der Waals surface area contributed by atoms with Crippen molar-refractivity contribution in [2.75, 3.05) is 27.3 Å². The number of Topliss-reactive ketones (excluding diaryl/α,β-unsaturated/α-hetero) is 1. The van der Waals surface area contributed by atoms with Crippen molar-refractivity contribution in [3.63, 3.8) is 0 Å². The topological polar surface area (TPSA) is 156 Å². The lowest BCUT2D eigenvalue weighted by Crippen LogP contribution is -2.63. The Bertz CT molecular complexity index is 1240. The van der Waals surface area contributed by atoms with Crippen LogP contribution in [0.2, 0.25) is 0 Å². The SMILES string of the molecule is C=C1C(C(N)=O)=C(O)[C@@H](N(C)C)C2C[C@@H]3Cc4c(F)c(CNCCF)cc(O)c4C(O)=C3C(=O)[C@]12O. The second-order valence-corrected chi connectivity index (χ2v) is 9.70. The zero-order valence-corrected chi connectivity index (χ0v) is 19.9. The van der Waals surface area contributed by atoms with E-state index in [-0.39, 0.29) is 53.8 Å². The Balaban J connectivity index is 1.88. The zero-order valence-electron chi connectivity index (χ0n) is 19.9. The Labute approximate surface area is 206 Å². The summed E-state index contributed by atoms with van der Waals surface area (Å²) < 4.78 is 27.9. The number of rotatable bonds is 6. The molecule has 1 aromatic carbocycles. The van der Waals surface area contributed by atoms with Gasteiger partial charge in [-0.15, -0.1) is 0 Å². The van der Waals surface area contributed by atoms with Crippen LogP contribution in [0.3, 0.4) is 0 Å². The van der Waals surface area contributed by atoms with Gasteiger partial charge in [-0.3, -0.25) is 14.5 Å². The third-order valence-corrected chi connectivity index (χ3v) is 7.50. The van der Waals surface area contributed by atoms with Gasteiger partial charge >= 0.3 is 0 Å². The number of hydrogen-bond acceptors (Lipinski definition) is 8. The second-order valence-electron chi connectivity index (χ2n) is 9.70. The highest BCUT2D eigenvalue weighted by Crippen LogP contribution is 2.54. The second kappa shape index (κ2) is 8.99. The van der Waals surface area contributed by atoms with Gasteiger partial charge in [0.05, 0.1) is 17.2 Å². The number of halogens is 2. The summed E-state index contributed by atoms with van der Waals surface area (Å²) in [5, 5.41) is 47.0. The molecule has 0 aromatic heterocycles. The molecule has 3 aliphatic carbocycles. The summed E-state index contributed by atoms with van der Waals surface area (Å²) in [6.07, 6.45) is -0.0628. The number of aliphatic hydroxyl groups is 3. The van der Waals surface area contributed by atoms with E-state index in [0.717, 1.165) is 6.07 Å². The minimum Gasteiger partial charge on any atom is -0.510 e. The fourth-order valence-corrected chi connectivity index (χ4v) is 5.94. The molecule has 9 nitrogen and oxygen atoms in total. The molecule has 1 aromatic rings. The van der Waals surface area contributed by atoms with Crippen molar-refractivity contribution < 1.29 is 38.8 Å². The van der Waals surface area contributed by atoms with E-state index < -0.39 is 70.5 Å². The normalized spacial score (nSPS) is 27.8. The number of nitrogens with one attached hydrogen (secondary N) is 1. The van der Waals surface area contributed by atoms with Crippen LogP contribution in [0.5, 0.6) is 5.75 Å². The molecule has 3 aliphatic rings. The number of carbonyl (C=O) groups excluding carboxylic acids is 2. The molecule has 36 heavy (non-hydrogen) atoms. The molecule has 4 atom stereocenters. The van der Waals surface area contributed by atoms with Crippen LogP contribution < -0.4 is 11.1 Å². The van der Waals surface area contributed by atoms with E-state index in [2.05, 4.69) is 11.9 Å². The maximum atomic E-state index is 15.4. The van der Waals surface area contributed by atoms with Crippen molar-refractivity contribution in [3.05, 3.63) is 57.6 Å². The van der Waals surface area contributed by atoms with Crippen LogP contribution in [0, 0.1) is 17.7 Å². The summed E-state index contributed by atoms with van der Waals surface area (Å²) in [5.41, 5.74) is 1.79. The fraction of sp³-hybridized carbons (Fsp3) is 0.440. The number of fused-ring (bicyclic) bond motifs is 3. The molecule has 4 rings (SSSR count). The number of primary amides is 1. The number of alkyl halides is 1. The van der Waals surface area contributed by atoms with Crippen LogP contribution in [0.15, 0.2) is 35.1 Å². The number of benzene rings is 1. The molecule has 0 spiro atoms. The molecule has 1 saturated carbocycles. The van der Waals surface area contributed by atoms with Gasteiger partial charge in [0.2, 0.25) is 0 Å². The number of phenolic OH excluding ortho intramolecular Hbond substituents is 1. The molecule has 0 saturated heterocycles. The van der Waals surface area contributed by atoms with Gasteiger partial charge in [-0.25, -0.2) is 8.78 Å². The zero-order chi connectivity index (χ0) is 26.7. The van der Waals surface area contributed by atoms with Gasteiger partial charge in [-0.05, 0) is 38.9 Å². The number of likely N-dealkylation sites (N-methyl/N-ethyl adjacent to an activating group) is 1. The Morgan fingerprint density at radius 3 is 2.58 bits per heavy atom. The highest BCUT2D eigenvalue weighted by Gasteiger charge is 2.62. The standard InChI is InChI=1S/C25H29F2N3O6/c1-10-16(24(28)35)22(33)20(30(2)3)14-7-11-6-13-18(21(32)17(11)23(34)25(10,14)36)15(31)8-12(19(13)27)9-29-5-4-26/h8,11,14,20,29,31-33,36H,1,4-7,9H2,2-3H3,(H2,28,35)/t11-,14?,20-,25-/m0/s1. The van der Waals surface area contributed by atoms with E-state index in [4.69, 9.17) is 5.73 Å². The third-order valence-electron chi connectivity index (χ3n) is 7.50. The first kappa shape index (κ1) is 25.8. The van der Waals surface area contributed by atoms with Crippen LogP contribution in [-0.2, 0) is 22.6 Å². The number of amides is 1. The molecule has 1 fully saturated rings. The highest BCUT2D eigenvalue weighted by atomic mass is 19.1. The van der Waals surface area contributed by atoms with E-state index >= 15 is 4.39 Å². The minimum atomic E-state index is -2.38. The molecule has 0 aliphatic heterocycles. The fourth-order valence-electron chi connectivity index (χ4n) is 5.94. The number of phenols is 1. The monoisotopic (exact) mass is 505 g/mol. The van der Waals surface area contributed by atoms with Crippen LogP contribution >= 0.6 is 0 Å². The van der Waals surface area contributed by atoms with Gasteiger partial charge in [0.1, 0.15) is 29.8 Å². The van der Waals surface area contributed by atoms with Gasteiger partial charge in [0, 0.05) is 41.3 Å². The highest BCUT2D eigenvalue weighted by molar-refractivity contribution is 6.13. The number of hydrogen-bond donors (Lipinski definition) is 6. The van der Waals surface area contributed by atoms with Crippen molar-refractivity contribution in [2.45, 2.75) is 31.0 Å². The number of carbonyl (C=O) groups is 2. The Hall–Kier alpha value is -3.28. The first-order chi connectivity index (χ1) is 16.9. The average molecular weight is 506 g/mol. The van der Waals surface area contributed by atoms with Gasteiger partial charge in [-0.2, -0.15) is 0 Å². The largest absolute Gasteiger partial charge is 0.510 e. The Morgan fingerprint density at radius 2 is 2.00 bits per heavy atom. The van der Waals surface area contributed by atoms with E-state index in [0.29, 0.717) is 0 Å². The maximum Gasteiger partial charge on any atom is 0.252 e. The first-order valence-electron chi connectivity index (χ1n) is 11.5. The van der Waals surface area contributed by atoms with Crippen LogP contribution in [0.25, 0.3) is 5.76 Å². The predicted octanol–water partition coefficient (Wildman–Crippen LogP) is 1.15. The van der Waals surface area contributed by atoms with Gasteiger partial charge in [0.15, 0.2) is 11.4 Å². The van der Waals surface area contributed by atoms with Gasteiger partial charge in [0.25, 0.3) is 5.91 Å². The molecule has 0 radical (unpaired) electrons. The summed E-state index contributed by atoms with van der Waals surface area (Å²) in [7, 11) is 3.18. The van der Waals surface area contributed by atoms with Crippen molar-refractivity contribution in [1.29, 1.82) is 0 Å². The summed E-state index contributed by atoms with van der Waals surface area (Å²) in [5.74, 6) is -6.08. The molecule has 1 amide bonds. The minimum absolute atomic E-state index is 0.00911. The van der Waals surface area contributed by atoms with E-state index in [9.17, 15) is 34.4 Å². The van der Waals surface area contributed by atoms with Gasteiger partial charge in [-0.1, -0.05) is 6.58 Å². The van der Waals surface area contributed by atoms with Crippen molar-refractivity contribution >= 4 is 17.4 Å². The quantitative estimate of drug-likeness (QED) is 0.315. The van der Waals surface area contributed by atoms with E-state index in [1.807, 2.05) is 0 Å². The Morgan fingerprint density at radius 1 is 1.33 bits per heavy atom. The maximum absolute atomic E-state index is 15.4. The van der Waals surface area contributed by atoms with Crippen molar-refractivity contribution in [1.82, 2.24) is 10.2 Å². The molecule has 0 heterocycles. The molecule has 194 valence electrons. The number of aliphatic hydroxyl groups excluding tert-OH is 2. The van der Waals surface area contributed by atoms with Crippen LogP contribution in [-0.4, -0.2) is 76.0 Å². The van der Waals surface area contributed by atoms with Crippen LogP contribution in [0.1, 0.15) is 23.1 Å². The van der Waals surface area contributed by atoms with E-state index in [1.165, 1.54) is 4.90 Å². The van der Waals surface area contributed by atoms with Crippen molar-refractivity contribution in [3.8, 4) is 5.75 Å². The molecule has 11 heteroatoms. The number of nitrogens with two attached hydrogens (primary N) is 1. The summed E-state index contributed by atoms with van der Waals surface area (Å²) >= 11 is 0. The third kappa shape index (κ3) is 3.53. The first-order valence-corrected chi connectivity index (χ1v) is 11.5. The predicted molar refractivity (Wildman–Crippen MR) is 126 cm³/mol. The molecule has 0 bridgehead atoms. The van der Waals surface area contributed by atoms with E-state index in [1.54, 1.807) is 14.1 Å². The summed E-state index contributed by atoms with van der Waals surface area (Å²) in [6, 6.07) is 0.0982. The van der Waals surface area contributed by atoms with Crippen LogP contribution in [0.4, 0.5) is 8.78 Å². The summed E-state index contributed by atoms with van der Waals surface area (Å²) in [6.45, 7) is 2.97. The van der Waals surface area contributed by atoms with Crippen molar-refractivity contribution in [2.24, 2.45) is 17.6 Å². The molecule has 1 unspecified atom stereocenters. The molecule has 7 N–H and O–H groups in total. The number of ketones is 1. The Kier molecular flexibility index (Phi) is 6.44. The molecular weight excluding hydrogens is 476 g/mol.